The van der Waals surface area contributed by atoms with Crippen LogP contribution in [-0.2, 0) is 0 Å². The summed E-state index contributed by atoms with van der Waals surface area (Å²) < 4.78 is 7.47. The molecule has 0 aromatic heterocycles. The third-order valence-electron chi connectivity index (χ3n) is 7.92. The summed E-state index contributed by atoms with van der Waals surface area (Å²) in [7, 11) is 0. The van der Waals surface area contributed by atoms with Gasteiger partial charge in [-0.05, 0) is 0 Å². The molecule has 0 saturated carbocycles. The summed E-state index contributed by atoms with van der Waals surface area (Å²) in [6.07, 6.45) is 0. The van der Waals surface area contributed by atoms with Crippen LogP contribution >= 0.6 is 0 Å². The van der Waals surface area contributed by atoms with E-state index in [1.54, 1.807) is 0 Å². The first-order chi connectivity index (χ1) is 19.8. The van der Waals surface area contributed by atoms with Crippen LogP contribution in [0.15, 0.2) is 182 Å². The van der Waals surface area contributed by atoms with E-state index in [1.165, 1.54) is 26.1 Å². The monoisotopic (exact) mass is 642 g/mol. The number of carbonyl (C=O) groups excluding carboxylic acids is 1. The molecule has 196 valence electrons. The predicted octanol–water partition coefficient (Wildman–Crippen LogP) is 4.08. The van der Waals surface area contributed by atoms with E-state index >= 15 is 4.79 Å². The van der Waals surface area contributed by atoms with E-state index < -0.39 is 27.1 Å². The molecule has 0 atom stereocenters. The standard InChI is InChI=1S/C37H32As2O/c40-37(38(31-19-7-1-8-20-31,32-21-9-2-10-22-32)33-23-11-3-12-24-33)39(34-25-13-4-14-26-34,35-27-15-5-16-28-35)36-29-17-6-18-30-36/h1-30,38-39H. The third-order valence-corrected chi connectivity index (χ3v) is 34.1. The van der Waals surface area contributed by atoms with Crippen molar-refractivity contribution in [3.05, 3.63) is 182 Å². The molecular weight excluding hydrogens is 610 g/mol. The third kappa shape index (κ3) is 4.41. The molecule has 0 aliphatic rings. The van der Waals surface area contributed by atoms with E-state index in [0.717, 1.165) is 0 Å². The van der Waals surface area contributed by atoms with Gasteiger partial charge in [-0.25, -0.2) is 0 Å². The molecule has 0 radical (unpaired) electrons. The molecule has 0 saturated heterocycles. The number of rotatable bonds is 8. The zero-order valence-corrected chi connectivity index (χ0v) is 26.4. The Kier molecular flexibility index (Phi) is 7.70. The quantitative estimate of drug-likeness (QED) is 0.229. The van der Waals surface area contributed by atoms with Gasteiger partial charge in [-0.15, -0.1) is 0 Å². The molecule has 1 nitrogen and oxygen atoms in total. The van der Waals surface area contributed by atoms with Gasteiger partial charge in [0.25, 0.3) is 0 Å². The van der Waals surface area contributed by atoms with Crippen LogP contribution < -0.4 is 26.1 Å². The first-order valence-corrected chi connectivity index (χ1v) is 22.1. The van der Waals surface area contributed by atoms with E-state index in [-0.39, 0.29) is 0 Å². The van der Waals surface area contributed by atoms with Crippen molar-refractivity contribution in [1.82, 2.24) is 0 Å². The summed E-state index contributed by atoms with van der Waals surface area (Å²) in [4.78, 5) is 16.5. The topological polar surface area (TPSA) is 17.1 Å². The Morgan fingerprint density at radius 2 is 0.425 bits per heavy atom. The van der Waals surface area contributed by atoms with Gasteiger partial charge in [0.15, 0.2) is 0 Å². The Morgan fingerprint density at radius 3 is 0.575 bits per heavy atom. The summed E-state index contributed by atoms with van der Waals surface area (Å²) in [5, 5.41) is 0. The summed E-state index contributed by atoms with van der Waals surface area (Å²) >= 11 is -8.10. The van der Waals surface area contributed by atoms with E-state index in [9.17, 15) is 0 Å². The Morgan fingerprint density at radius 1 is 0.275 bits per heavy atom. The van der Waals surface area contributed by atoms with Gasteiger partial charge in [-0.3, -0.25) is 0 Å². The minimum atomic E-state index is -4.05. The van der Waals surface area contributed by atoms with Gasteiger partial charge in [-0.1, -0.05) is 0 Å². The molecule has 0 bridgehead atoms. The van der Waals surface area contributed by atoms with E-state index in [1.807, 2.05) is 0 Å². The van der Waals surface area contributed by atoms with Crippen LogP contribution in [0.2, 0.25) is 0 Å². The average molecular weight is 643 g/mol. The van der Waals surface area contributed by atoms with Crippen molar-refractivity contribution >= 4 is 56.6 Å². The Hall–Kier alpha value is -3.89. The average Bonchev–Trinajstić information content (AvgIpc) is 3.05. The fourth-order valence-corrected chi connectivity index (χ4v) is 39.2. The first-order valence-electron chi connectivity index (χ1n) is 13.7. The zero-order valence-electron chi connectivity index (χ0n) is 22.2. The van der Waals surface area contributed by atoms with Gasteiger partial charge in [0.2, 0.25) is 0 Å². The fraction of sp³-hybridized carbons (Fsp3) is 0. The van der Waals surface area contributed by atoms with Crippen LogP contribution in [0.4, 0.5) is 4.79 Å². The maximum absolute atomic E-state index is 16.5. The Bertz CT molecular complexity index is 1350. The van der Waals surface area contributed by atoms with Crippen LogP contribution in [0, 0.1) is 0 Å². The number of hydrogen-bond acceptors (Lipinski definition) is 1. The number of benzene rings is 6. The molecule has 6 aromatic rings. The van der Waals surface area contributed by atoms with E-state index in [0.29, 0.717) is 3.36 Å². The minimum absolute atomic E-state index is 0.451. The fourth-order valence-electron chi connectivity index (χ4n) is 6.20. The van der Waals surface area contributed by atoms with Crippen molar-refractivity contribution in [2.45, 2.75) is 0 Å². The summed E-state index contributed by atoms with van der Waals surface area (Å²) in [6, 6.07) is 63.8. The normalized spacial score (nSPS) is 12.4. The maximum atomic E-state index is 16.5. The molecule has 0 amide bonds. The second-order valence-electron chi connectivity index (χ2n) is 10.0. The molecule has 0 fully saturated rings. The molecule has 0 heterocycles. The molecule has 0 aliphatic heterocycles. The summed E-state index contributed by atoms with van der Waals surface area (Å²) in [5.41, 5.74) is 0. The second-order valence-corrected chi connectivity index (χ2v) is 27.7. The molecular formula is C37H32As2O. The molecule has 3 heteroatoms. The van der Waals surface area contributed by atoms with Crippen molar-refractivity contribution < 1.29 is 4.79 Å². The van der Waals surface area contributed by atoms with Crippen LogP contribution in [0.1, 0.15) is 0 Å². The summed E-state index contributed by atoms with van der Waals surface area (Å²) in [6.45, 7) is 0. The molecule has 0 N–H and O–H groups in total. The van der Waals surface area contributed by atoms with E-state index in [4.69, 9.17) is 0 Å². The van der Waals surface area contributed by atoms with Gasteiger partial charge in [0, 0.05) is 0 Å². The first kappa shape index (κ1) is 26.3. The second kappa shape index (κ2) is 11.7. The number of carbonyl (C=O) groups is 1. The molecule has 0 aliphatic carbocycles. The van der Waals surface area contributed by atoms with Gasteiger partial charge < -0.3 is 0 Å². The molecule has 6 rings (SSSR count). The SMILES string of the molecule is O=C([AsH](c1ccccc1)(c1ccccc1)c1ccccc1)[AsH](c1ccccc1)(c1ccccc1)c1ccccc1. The van der Waals surface area contributed by atoms with Crippen molar-refractivity contribution in [3.63, 3.8) is 0 Å². The van der Waals surface area contributed by atoms with Gasteiger partial charge >= 0.3 is 243 Å². The van der Waals surface area contributed by atoms with Gasteiger partial charge in [-0.2, -0.15) is 0 Å². The molecule has 6 aromatic carbocycles. The Balaban J connectivity index is 1.82. The summed E-state index contributed by atoms with van der Waals surface area (Å²) in [5.74, 6) is 0. The van der Waals surface area contributed by atoms with Crippen LogP contribution in [0.3, 0.4) is 0 Å². The van der Waals surface area contributed by atoms with Crippen molar-refractivity contribution in [3.8, 4) is 0 Å². The van der Waals surface area contributed by atoms with Crippen molar-refractivity contribution in [2.75, 3.05) is 0 Å². The van der Waals surface area contributed by atoms with Crippen molar-refractivity contribution in [1.29, 1.82) is 0 Å². The number of hydrogen-bond donors (Lipinski definition) is 0. The molecule has 0 spiro atoms. The van der Waals surface area contributed by atoms with Crippen molar-refractivity contribution in [2.24, 2.45) is 0 Å². The van der Waals surface area contributed by atoms with Crippen LogP contribution in [-0.4, -0.2) is 30.5 Å². The zero-order chi connectivity index (χ0) is 27.3. The van der Waals surface area contributed by atoms with Gasteiger partial charge in [0.1, 0.15) is 0 Å². The van der Waals surface area contributed by atoms with Gasteiger partial charge in [0.05, 0.1) is 0 Å². The van der Waals surface area contributed by atoms with E-state index in [2.05, 4.69) is 182 Å². The predicted molar refractivity (Wildman–Crippen MR) is 176 cm³/mol. The molecule has 0 unspecified atom stereocenters. The van der Waals surface area contributed by atoms with Crippen LogP contribution in [0.25, 0.3) is 0 Å². The molecule has 40 heavy (non-hydrogen) atoms. The Labute approximate surface area is 242 Å². The van der Waals surface area contributed by atoms with Crippen LogP contribution in [0.5, 0.6) is 0 Å².